The van der Waals surface area contributed by atoms with Gasteiger partial charge in [-0.3, -0.25) is 0 Å². The van der Waals surface area contributed by atoms with E-state index in [2.05, 4.69) is 56.5 Å². The van der Waals surface area contributed by atoms with E-state index < -0.39 is 0 Å². The number of hydrazone groups is 1. The van der Waals surface area contributed by atoms with E-state index >= 15 is 0 Å². The number of rotatable bonds is 4. The van der Waals surface area contributed by atoms with Crippen LogP contribution in [0.25, 0.3) is 0 Å². The number of piperazine rings is 1. The molecule has 1 fully saturated rings. The van der Waals surface area contributed by atoms with Crippen LogP contribution >= 0.6 is 0 Å². The van der Waals surface area contributed by atoms with Crippen LogP contribution in [-0.2, 0) is 5.41 Å². The molecule has 7 nitrogen and oxygen atoms in total. The molecule has 1 aliphatic rings. The molecule has 1 saturated heterocycles. The van der Waals surface area contributed by atoms with Crippen LogP contribution in [0.15, 0.2) is 35.4 Å². The van der Waals surface area contributed by atoms with Crippen LogP contribution in [0.1, 0.15) is 32.2 Å². The Balaban J connectivity index is 1.83. The lowest BCUT2D eigenvalue weighted by atomic mass is 9.96. The van der Waals surface area contributed by atoms with Gasteiger partial charge in [0.1, 0.15) is 5.82 Å². The predicted octanol–water partition coefficient (Wildman–Crippen LogP) is 2.02. The molecule has 0 saturated carbocycles. The molecule has 2 heterocycles. The second kappa shape index (κ2) is 7.57. The van der Waals surface area contributed by atoms with Crippen molar-refractivity contribution in [3.8, 4) is 0 Å². The Kier molecular flexibility index (Phi) is 5.23. The van der Waals surface area contributed by atoms with Crippen LogP contribution in [0.3, 0.4) is 0 Å². The van der Waals surface area contributed by atoms with Gasteiger partial charge in [-0.05, 0) is 5.56 Å². The summed E-state index contributed by atoms with van der Waals surface area (Å²) in [4.78, 5) is 16.0. The van der Waals surface area contributed by atoms with Crippen molar-refractivity contribution in [3.05, 3.63) is 41.7 Å². The molecular formula is C18H25N7. The highest BCUT2D eigenvalue weighted by atomic mass is 15.4. The Morgan fingerprint density at radius 2 is 1.80 bits per heavy atom. The minimum Gasteiger partial charge on any atom is -0.338 e. The van der Waals surface area contributed by atoms with Gasteiger partial charge in [-0.25, -0.2) is 5.43 Å². The van der Waals surface area contributed by atoms with E-state index in [4.69, 9.17) is 0 Å². The lowest BCUT2D eigenvalue weighted by Gasteiger charge is -2.28. The van der Waals surface area contributed by atoms with Crippen molar-refractivity contribution in [2.45, 2.75) is 26.2 Å². The van der Waals surface area contributed by atoms with Crippen molar-refractivity contribution < 1.29 is 0 Å². The van der Waals surface area contributed by atoms with E-state index in [1.807, 2.05) is 30.3 Å². The fraction of sp³-hybridized carbons (Fsp3) is 0.444. The normalized spacial score (nSPS) is 15.6. The average molecular weight is 339 g/mol. The first kappa shape index (κ1) is 17.3. The van der Waals surface area contributed by atoms with Gasteiger partial charge in [0.2, 0.25) is 11.9 Å². The zero-order valence-electron chi connectivity index (χ0n) is 15.0. The molecule has 2 N–H and O–H groups in total. The number of benzene rings is 1. The average Bonchev–Trinajstić information content (AvgIpc) is 2.62. The lowest BCUT2D eigenvalue weighted by molar-refractivity contribution is 0.533. The summed E-state index contributed by atoms with van der Waals surface area (Å²) in [5.74, 6) is 1.94. The summed E-state index contributed by atoms with van der Waals surface area (Å²) in [7, 11) is 0. The van der Waals surface area contributed by atoms with Gasteiger partial charge in [0.15, 0.2) is 0 Å². The van der Waals surface area contributed by atoms with Gasteiger partial charge in [0, 0.05) is 31.6 Å². The van der Waals surface area contributed by atoms with Crippen LogP contribution < -0.4 is 15.6 Å². The van der Waals surface area contributed by atoms with Crippen LogP contribution in [0.2, 0.25) is 0 Å². The summed E-state index contributed by atoms with van der Waals surface area (Å²) < 4.78 is 0. The Morgan fingerprint density at radius 3 is 2.48 bits per heavy atom. The highest BCUT2D eigenvalue weighted by Gasteiger charge is 2.22. The van der Waals surface area contributed by atoms with Gasteiger partial charge < -0.3 is 10.2 Å². The SMILES string of the molecule is CC(C)(C)c1nc(N/N=C\c2ccccc2)nc(N2CCNCC2)n1. The third-order valence-corrected chi connectivity index (χ3v) is 3.87. The fourth-order valence-electron chi connectivity index (χ4n) is 2.46. The Hall–Kier alpha value is -2.54. The van der Waals surface area contributed by atoms with Gasteiger partial charge >= 0.3 is 0 Å². The summed E-state index contributed by atoms with van der Waals surface area (Å²) in [6, 6.07) is 9.91. The molecule has 0 unspecified atom stereocenters. The summed E-state index contributed by atoms with van der Waals surface area (Å²) >= 11 is 0. The molecule has 3 rings (SSSR count). The summed E-state index contributed by atoms with van der Waals surface area (Å²) in [6.45, 7) is 9.94. The number of hydrogen-bond acceptors (Lipinski definition) is 7. The zero-order valence-corrected chi connectivity index (χ0v) is 15.0. The minimum atomic E-state index is -0.161. The second-order valence-corrected chi connectivity index (χ2v) is 7.05. The molecule has 0 bridgehead atoms. The molecule has 1 aliphatic heterocycles. The van der Waals surface area contributed by atoms with Crippen molar-refractivity contribution in [2.75, 3.05) is 36.5 Å². The molecule has 2 aromatic rings. The van der Waals surface area contributed by atoms with Crippen LogP contribution in [-0.4, -0.2) is 47.3 Å². The summed E-state index contributed by atoms with van der Waals surface area (Å²) in [5.41, 5.74) is 3.80. The maximum Gasteiger partial charge on any atom is 0.248 e. The lowest BCUT2D eigenvalue weighted by Crippen LogP contribution is -2.44. The van der Waals surface area contributed by atoms with Crippen LogP contribution in [0.5, 0.6) is 0 Å². The third kappa shape index (κ3) is 4.73. The van der Waals surface area contributed by atoms with Gasteiger partial charge in [-0.1, -0.05) is 51.1 Å². The van der Waals surface area contributed by atoms with E-state index in [0.29, 0.717) is 11.9 Å². The summed E-state index contributed by atoms with van der Waals surface area (Å²) in [5, 5.41) is 7.61. The first-order chi connectivity index (χ1) is 12.0. The molecule has 0 spiro atoms. The molecule has 25 heavy (non-hydrogen) atoms. The van der Waals surface area contributed by atoms with Crippen molar-refractivity contribution >= 4 is 18.1 Å². The molecular weight excluding hydrogens is 314 g/mol. The smallest absolute Gasteiger partial charge is 0.248 e. The molecule has 1 aromatic carbocycles. The fourth-order valence-corrected chi connectivity index (χ4v) is 2.46. The maximum absolute atomic E-state index is 4.68. The van der Waals surface area contributed by atoms with Crippen molar-refractivity contribution in [2.24, 2.45) is 5.10 Å². The van der Waals surface area contributed by atoms with E-state index in [1.54, 1.807) is 6.21 Å². The zero-order chi connectivity index (χ0) is 17.7. The highest BCUT2D eigenvalue weighted by Crippen LogP contribution is 2.22. The van der Waals surface area contributed by atoms with Crippen LogP contribution in [0, 0.1) is 0 Å². The number of hydrogen-bond donors (Lipinski definition) is 2. The van der Waals surface area contributed by atoms with E-state index in [0.717, 1.165) is 37.6 Å². The number of aromatic nitrogens is 3. The third-order valence-electron chi connectivity index (χ3n) is 3.87. The van der Waals surface area contributed by atoms with Crippen molar-refractivity contribution in [3.63, 3.8) is 0 Å². The maximum atomic E-state index is 4.68. The number of nitrogens with zero attached hydrogens (tertiary/aromatic N) is 5. The molecule has 0 aliphatic carbocycles. The monoisotopic (exact) mass is 339 g/mol. The van der Waals surface area contributed by atoms with Crippen molar-refractivity contribution in [1.82, 2.24) is 20.3 Å². The number of anilines is 2. The van der Waals surface area contributed by atoms with Crippen molar-refractivity contribution in [1.29, 1.82) is 0 Å². The largest absolute Gasteiger partial charge is 0.338 e. The second-order valence-electron chi connectivity index (χ2n) is 7.05. The molecule has 1 aromatic heterocycles. The topological polar surface area (TPSA) is 78.3 Å². The first-order valence-electron chi connectivity index (χ1n) is 8.59. The summed E-state index contributed by atoms with van der Waals surface area (Å²) in [6.07, 6.45) is 1.75. The first-order valence-corrected chi connectivity index (χ1v) is 8.59. The Bertz CT molecular complexity index is 716. The number of nitrogens with one attached hydrogen (secondary N) is 2. The standard InChI is InChI=1S/C18H25N7/c1-18(2,3)15-21-16(24-20-13-14-7-5-4-6-8-14)23-17(22-15)25-11-9-19-10-12-25/h4-8,13,19H,9-12H2,1-3H3,(H,21,22,23,24)/b20-13-. The molecule has 7 heteroatoms. The van der Waals surface area contributed by atoms with Crippen LogP contribution in [0.4, 0.5) is 11.9 Å². The minimum absolute atomic E-state index is 0.161. The Morgan fingerprint density at radius 1 is 1.08 bits per heavy atom. The van der Waals surface area contributed by atoms with E-state index in [-0.39, 0.29) is 5.41 Å². The Labute approximate surface area is 148 Å². The van der Waals surface area contributed by atoms with Gasteiger partial charge in [-0.15, -0.1) is 0 Å². The molecule has 0 amide bonds. The van der Waals surface area contributed by atoms with E-state index in [1.165, 1.54) is 0 Å². The van der Waals surface area contributed by atoms with Gasteiger partial charge in [-0.2, -0.15) is 20.1 Å². The molecule has 0 radical (unpaired) electrons. The molecule has 132 valence electrons. The van der Waals surface area contributed by atoms with E-state index in [9.17, 15) is 0 Å². The molecule has 0 atom stereocenters. The highest BCUT2D eigenvalue weighted by molar-refractivity contribution is 5.79. The quantitative estimate of drug-likeness (QED) is 0.655. The predicted molar refractivity (Wildman–Crippen MR) is 101 cm³/mol. The van der Waals surface area contributed by atoms with Gasteiger partial charge in [0.25, 0.3) is 0 Å². The van der Waals surface area contributed by atoms with Gasteiger partial charge in [0.05, 0.1) is 6.21 Å².